The number of hydrogen-bond donors (Lipinski definition) is 1. The number of para-hydroxylation sites is 1. The molecule has 0 bridgehead atoms. The van der Waals surface area contributed by atoms with E-state index in [0.717, 1.165) is 16.9 Å². The Morgan fingerprint density at radius 1 is 1.19 bits per heavy atom. The molecule has 1 atom stereocenters. The minimum Gasteiger partial charge on any atom is -0.368 e. The Morgan fingerprint density at radius 3 is 2.54 bits per heavy atom. The number of benzene rings is 2. The number of carbonyl (C=O) groups is 2. The van der Waals surface area contributed by atoms with E-state index in [4.69, 9.17) is 5.73 Å². The highest BCUT2D eigenvalue weighted by Gasteiger charge is 2.36. The van der Waals surface area contributed by atoms with Crippen molar-refractivity contribution in [1.29, 1.82) is 0 Å². The Kier molecular flexibility index (Phi) is 5.02. The molecule has 0 saturated heterocycles. The zero-order chi connectivity index (χ0) is 18.7. The third-order valence-electron chi connectivity index (χ3n) is 4.38. The van der Waals surface area contributed by atoms with Crippen molar-refractivity contribution < 1.29 is 9.59 Å². The quantitative estimate of drug-likeness (QED) is 0.900. The normalized spacial score (nSPS) is 16.3. The van der Waals surface area contributed by atoms with E-state index in [1.165, 1.54) is 0 Å². The summed E-state index contributed by atoms with van der Waals surface area (Å²) in [5, 5.41) is 5.98. The fourth-order valence-electron chi connectivity index (χ4n) is 3.07. The van der Waals surface area contributed by atoms with Gasteiger partial charge in [0.25, 0.3) is 5.91 Å². The molecule has 1 heterocycles. The molecule has 2 amide bonds. The van der Waals surface area contributed by atoms with Crippen LogP contribution in [-0.4, -0.2) is 30.1 Å². The number of nitrogens with zero attached hydrogens (tertiary/aromatic N) is 3. The van der Waals surface area contributed by atoms with Gasteiger partial charge in [-0.15, -0.1) is 0 Å². The molecule has 0 saturated carbocycles. The molecule has 134 valence electrons. The first-order valence-corrected chi connectivity index (χ1v) is 8.61. The van der Waals surface area contributed by atoms with Crippen LogP contribution >= 0.6 is 0 Å². The number of carbonyl (C=O) groups excluding carboxylic acids is 2. The van der Waals surface area contributed by atoms with Crippen molar-refractivity contribution in [3.63, 3.8) is 0 Å². The number of primary amides is 1. The molecule has 2 aromatic carbocycles. The van der Waals surface area contributed by atoms with Crippen LogP contribution < -0.4 is 15.6 Å². The van der Waals surface area contributed by atoms with E-state index < -0.39 is 11.9 Å². The van der Waals surface area contributed by atoms with E-state index in [0.29, 0.717) is 12.3 Å². The molecule has 2 N–H and O–H groups in total. The van der Waals surface area contributed by atoms with E-state index in [9.17, 15) is 9.59 Å². The molecule has 3 rings (SSSR count). The van der Waals surface area contributed by atoms with Crippen LogP contribution in [0.1, 0.15) is 18.9 Å². The minimum absolute atomic E-state index is 0.200. The molecular weight excluding hydrogens is 328 g/mol. The molecule has 0 spiro atoms. The van der Waals surface area contributed by atoms with Gasteiger partial charge in [-0.05, 0) is 43.7 Å². The van der Waals surface area contributed by atoms with Crippen molar-refractivity contribution in [2.75, 3.05) is 16.5 Å². The van der Waals surface area contributed by atoms with Gasteiger partial charge in [0.15, 0.2) is 0 Å². The smallest absolute Gasteiger partial charge is 0.274 e. The summed E-state index contributed by atoms with van der Waals surface area (Å²) in [5.41, 5.74) is 8.50. The first kappa shape index (κ1) is 17.7. The van der Waals surface area contributed by atoms with E-state index in [1.54, 1.807) is 9.91 Å². The van der Waals surface area contributed by atoms with Gasteiger partial charge < -0.3 is 10.6 Å². The maximum atomic E-state index is 13.0. The summed E-state index contributed by atoms with van der Waals surface area (Å²) in [6, 6.07) is 16.4. The van der Waals surface area contributed by atoms with Gasteiger partial charge in [-0.1, -0.05) is 30.3 Å². The number of rotatable bonds is 5. The molecule has 0 aliphatic carbocycles. The summed E-state index contributed by atoms with van der Waals surface area (Å²) in [5.74, 6) is -0.707. The second kappa shape index (κ2) is 7.39. The number of nitrogens with two attached hydrogens (primary N) is 1. The zero-order valence-electron chi connectivity index (χ0n) is 14.9. The Morgan fingerprint density at radius 2 is 1.92 bits per heavy atom. The lowest BCUT2D eigenvalue weighted by molar-refractivity contribution is -0.119. The number of anilines is 2. The standard InChI is InChI=1S/C20H22N4O2/c1-3-23(16-11-7-8-14(2)12-16)20(26)17-13-18(19(21)25)24(22-17)15-9-5-4-6-10-15/h4-12,18H,3,13H2,1-2H3,(H2,21,25)/t18-/m1/s1. The molecule has 2 aromatic rings. The Labute approximate surface area is 152 Å². The van der Waals surface area contributed by atoms with E-state index in [-0.39, 0.29) is 12.3 Å². The molecule has 1 aliphatic heterocycles. The fraction of sp³-hybridized carbons (Fsp3) is 0.250. The summed E-state index contributed by atoms with van der Waals surface area (Å²) in [6.07, 6.45) is 0.200. The molecule has 0 unspecified atom stereocenters. The van der Waals surface area contributed by atoms with E-state index in [2.05, 4.69) is 5.10 Å². The van der Waals surface area contributed by atoms with Crippen LogP contribution in [0.3, 0.4) is 0 Å². The molecule has 1 aliphatic rings. The second-order valence-corrected chi connectivity index (χ2v) is 6.24. The third-order valence-corrected chi connectivity index (χ3v) is 4.38. The summed E-state index contributed by atoms with van der Waals surface area (Å²) < 4.78 is 0. The predicted octanol–water partition coefficient (Wildman–Crippen LogP) is 2.47. The van der Waals surface area contributed by atoms with Gasteiger partial charge in [-0.25, -0.2) is 0 Å². The molecular formula is C20H22N4O2. The summed E-state index contributed by atoms with van der Waals surface area (Å²) >= 11 is 0. The van der Waals surface area contributed by atoms with Crippen LogP contribution in [0.5, 0.6) is 0 Å². The molecule has 0 radical (unpaired) electrons. The van der Waals surface area contributed by atoms with Gasteiger partial charge in [-0.2, -0.15) is 5.10 Å². The maximum Gasteiger partial charge on any atom is 0.274 e. The van der Waals surface area contributed by atoms with Gasteiger partial charge in [0.05, 0.1) is 5.69 Å². The summed E-state index contributed by atoms with van der Waals surface area (Å²) in [6.45, 7) is 4.40. The summed E-state index contributed by atoms with van der Waals surface area (Å²) in [7, 11) is 0. The van der Waals surface area contributed by atoms with Crippen LogP contribution in [0.4, 0.5) is 11.4 Å². The van der Waals surface area contributed by atoms with Crippen molar-refractivity contribution in [3.8, 4) is 0 Å². The van der Waals surface area contributed by atoms with Gasteiger partial charge in [0.2, 0.25) is 5.91 Å². The number of aryl methyl sites for hydroxylation is 1. The Bertz CT molecular complexity index is 848. The minimum atomic E-state index is -0.660. The predicted molar refractivity (Wildman–Crippen MR) is 103 cm³/mol. The average molecular weight is 350 g/mol. The first-order valence-electron chi connectivity index (χ1n) is 8.61. The van der Waals surface area contributed by atoms with Gasteiger partial charge in [-0.3, -0.25) is 14.6 Å². The van der Waals surface area contributed by atoms with Gasteiger partial charge in [0.1, 0.15) is 11.8 Å². The van der Waals surface area contributed by atoms with Gasteiger partial charge >= 0.3 is 0 Å². The molecule has 6 nitrogen and oxygen atoms in total. The molecule has 0 fully saturated rings. The van der Waals surface area contributed by atoms with E-state index in [1.807, 2.05) is 68.4 Å². The molecule has 6 heteroatoms. The van der Waals surface area contributed by atoms with Crippen LogP contribution in [0, 0.1) is 6.92 Å². The highest BCUT2D eigenvalue weighted by Crippen LogP contribution is 2.26. The van der Waals surface area contributed by atoms with Crippen LogP contribution in [0.2, 0.25) is 0 Å². The lowest BCUT2D eigenvalue weighted by Gasteiger charge is -2.21. The van der Waals surface area contributed by atoms with E-state index >= 15 is 0 Å². The zero-order valence-corrected chi connectivity index (χ0v) is 14.9. The van der Waals surface area contributed by atoms with Gasteiger partial charge in [0, 0.05) is 18.7 Å². The lowest BCUT2D eigenvalue weighted by atomic mass is 10.1. The van der Waals surface area contributed by atoms with Crippen LogP contribution in [0.25, 0.3) is 0 Å². The fourth-order valence-corrected chi connectivity index (χ4v) is 3.07. The van der Waals surface area contributed by atoms with Crippen LogP contribution in [0.15, 0.2) is 59.7 Å². The molecule has 26 heavy (non-hydrogen) atoms. The van der Waals surface area contributed by atoms with Crippen molar-refractivity contribution >= 4 is 28.9 Å². The second-order valence-electron chi connectivity index (χ2n) is 6.24. The third kappa shape index (κ3) is 3.44. The average Bonchev–Trinajstić information content (AvgIpc) is 3.09. The van der Waals surface area contributed by atoms with Crippen molar-refractivity contribution in [3.05, 3.63) is 60.2 Å². The number of hydrogen-bond acceptors (Lipinski definition) is 4. The number of amides is 2. The number of hydrazone groups is 1. The van der Waals surface area contributed by atoms with Crippen molar-refractivity contribution in [1.82, 2.24) is 0 Å². The largest absolute Gasteiger partial charge is 0.368 e. The topological polar surface area (TPSA) is 79.0 Å². The SMILES string of the molecule is CCN(C(=O)C1=NN(c2ccccc2)[C@@H](C(N)=O)C1)c1cccc(C)c1. The van der Waals surface area contributed by atoms with Crippen molar-refractivity contribution in [2.45, 2.75) is 26.3 Å². The Balaban J connectivity index is 1.92. The highest BCUT2D eigenvalue weighted by atomic mass is 16.2. The van der Waals surface area contributed by atoms with Crippen LogP contribution in [-0.2, 0) is 9.59 Å². The van der Waals surface area contributed by atoms with Crippen molar-refractivity contribution in [2.24, 2.45) is 10.8 Å². The lowest BCUT2D eigenvalue weighted by Crippen LogP contribution is -2.40. The first-order chi connectivity index (χ1) is 12.5. The summed E-state index contributed by atoms with van der Waals surface area (Å²) in [4.78, 5) is 26.6. The monoisotopic (exact) mass is 350 g/mol. The highest BCUT2D eigenvalue weighted by molar-refractivity contribution is 6.45. The maximum absolute atomic E-state index is 13.0. The molecule has 0 aromatic heterocycles. The Hall–Kier alpha value is -3.15.